The SMILES string of the molecule is CCCC1(C)CC(=O)c2cc(OC)ccc2O1. The first-order valence-electron chi connectivity index (χ1n) is 5.98. The van der Waals surface area contributed by atoms with E-state index in [1.165, 1.54) is 0 Å². The minimum absolute atomic E-state index is 0.140. The van der Waals surface area contributed by atoms with Crippen LogP contribution in [-0.4, -0.2) is 18.5 Å². The first-order valence-corrected chi connectivity index (χ1v) is 5.98. The van der Waals surface area contributed by atoms with Gasteiger partial charge in [0.2, 0.25) is 0 Å². The molecule has 0 N–H and O–H groups in total. The molecular weight excluding hydrogens is 216 g/mol. The van der Waals surface area contributed by atoms with Crippen molar-refractivity contribution in [2.75, 3.05) is 7.11 Å². The van der Waals surface area contributed by atoms with Gasteiger partial charge in [0.05, 0.1) is 19.1 Å². The molecule has 0 aliphatic carbocycles. The molecule has 92 valence electrons. The Balaban J connectivity index is 2.35. The van der Waals surface area contributed by atoms with Gasteiger partial charge >= 0.3 is 0 Å². The average molecular weight is 234 g/mol. The second kappa shape index (κ2) is 4.40. The van der Waals surface area contributed by atoms with Crippen LogP contribution >= 0.6 is 0 Å². The normalized spacial score (nSPS) is 22.9. The third-order valence-corrected chi connectivity index (χ3v) is 3.16. The lowest BCUT2D eigenvalue weighted by atomic mass is 9.88. The van der Waals surface area contributed by atoms with E-state index in [9.17, 15) is 4.79 Å². The van der Waals surface area contributed by atoms with Crippen molar-refractivity contribution in [1.29, 1.82) is 0 Å². The molecule has 0 saturated carbocycles. The summed E-state index contributed by atoms with van der Waals surface area (Å²) in [7, 11) is 1.59. The summed E-state index contributed by atoms with van der Waals surface area (Å²) in [5.41, 5.74) is 0.283. The average Bonchev–Trinajstić information content (AvgIpc) is 2.28. The van der Waals surface area contributed by atoms with Crippen molar-refractivity contribution in [2.45, 2.75) is 38.7 Å². The molecule has 1 atom stereocenters. The molecule has 17 heavy (non-hydrogen) atoms. The van der Waals surface area contributed by atoms with E-state index >= 15 is 0 Å². The summed E-state index contributed by atoms with van der Waals surface area (Å²) >= 11 is 0. The molecule has 1 unspecified atom stereocenters. The van der Waals surface area contributed by atoms with Crippen molar-refractivity contribution in [3.63, 3.8) is 0 Å². The van der Waals surface area contributed by atoms with Crippen molar-refractivity contribution in [1.82, 2.24) is 0 Å². The number of hydrogen-bond donors (Lipinski definition) is 0. The van der Waals surface area contributed by atoms with Gasteiger partial charge in [-0.2, -0.15) is 0 Å². The molecule has 1 heterocycles. The largest absolute Gasteiger partial charge is 0.497 e. The fourth-order valence-corrected chi connectivity index (χ4v) is 2.35. The Labute approximate surface area is 102 Å². The lowest BCUT2D eigenvalue weighted by molar-refractivity contribution is 0.0464. The Bertz CT molecular complexity index is 439. The number of ketones is 1. The number of carbonyl (C=O) groups is 1. The van der Waals surface area contributed by atoms with Crippen LogP contribution in [0.5, 0.6) is 11.5 Å². The fraction of sp³-hybridized carbons (Fsp3) is 0.500. The van der Waals surface area contributed by atoms with E-state index in [0.29, 0.717) is 23.5 Å². The third kappa shape index (κ3) is 2.28. The first kappa shape index (κ1) is 12.0. The highest BCUT2D eigenvalue weighted by atomic mass is 16.5. The number of carbonyl (C=O) groups excluding carboxylic acids is 1. The Morgan fingerprint density at radius 2 is 2.24 bits per heavy atom. The molecular formula is C14H18O3. The zero-order chi connectivity index (χ0) is 12.5. The molecule has 1 aliphatic rings. The second-order valence-corrected chi connectivity index (χ2v) is 4.76. The summed E-state index contributed by atoms with van der Waals surface area (Å²) in [6.07, 6.45) is 2.35. The number of benzene rings is 1. The zero-order valence-electron chi connectivity index (χ0n) is 10.6. The van der Waals surface area contributed by atoms with Crippen LogP contribution in [0, 0.1) is 0 Å². The highest BCUT2D eigenvalue weighted by Crippen LogP contribution is 2.37. The molecule has 1 aromatic rings. The highest BCUT2D eigenvalue weighted by Gasteiger charge is 2.35. The van der Waals surface area contributed by atoms with Crippen molar-refractivity contribution in [3.8, 4) is 11.5 Å². The zero-order valence-corrected chi connectivity index (χ0v) is 10.6. The Morgan fingerprint density at radius 1 is 1.47 bits per heavy atom. The van der Waals surface area contributed by atoms with Gasteiger partial charge in [0, 0.05) is 0 Å². The molecule has 0 spiro atoms. The van der Waals surface area contributed by atoms with E-state index in [4.69, 9.17) is 9.47 Å². The molecule has 1 aromatic carbocycles. The highest BCUT2D eigenvalue weighted by molar-refractivity contribution is 6.00. The molecule has 0 radical (unpaired) electrons. The maximum atomic E-state index is 12.1. The van der Waals surface area contributed by atoms with Gasteiger partial charge in [0.15, 0.2) is 5.78 Å². The minimum atomic E-state index is -0.354. The monoisotopic (exact) mass is 234 g/mol. The molecule has 0 amide bonds. The van der Waals surface area contributed by atoms with Crippen LogP contribution < -0.4 is 9.47 Å². The molecule has 1 aliphatic heterocycles. The first-order chi connectivity index (χ1) is 8.08. The minimum Gasteiger partial charge on any atom is -0.497 e. The van der Waals surface area contributed by atoms with Crippen LogP contribution in [0.15, 0.2) is 18.2 Å². The number of hydrogen-bond acceptors (Lipinski definition) is 3. The predicted molar refractivity (Wildman–Crippen MR) is 65.9 cm³/mol. The number of ether oxygens (including phenoxy) is 2. The van der Waals surface area contributed by atoms with Crippen LogP contribution in [0.1, 0.15) is 43.5 Å². The van der Waals surface area contributed by atoms with Gasteiger partial charge in [-0.25, -0.2) is 0 Å². The van der Waals surface area contributed by atoms with Crippen molar-refractivity contribution < 1.29 is 14.3 Å². The topological polar surface area (TPSA) is 35.5 Å². The van der Waals surface area contributed by atoms with Gasteiger partial charge in [-0.05, 0) is 31.5 Å². The van der Waals surface area contributed by atoms with E-state index < -0.39 is 0 Å². The van der Waals surface area contributed by atoms with Gasteiger partial charge in [0.25, 0.3) is 0 Å². The maximum Gasteiger partial charge on any atom is 0.170 e. The molecule has 0 aromatic heterocycles. The van der Waals surface area contributed by atoms with E-state index in [1.54, 1.807) is 13.2 Å². The number of rotatable bonds is 3. The quantitative estimate of drug-likeness (QED) is 0.805. The van der Waals surface area contributed by atoms with E-state index in [0.717, 1.165) is 12.8 Å². The van der Waals surface area contributed by atoms with E-state index in [1.807, 2.05) is 19.1 Å². The van der Waals surface area contributed by atoms with E-state index in [2.05, 4.69) is 6.92 Å². The lowest BCUT2D eigenvalue weighted by Crippen LogP contribution is -2.38. The van der Waals surface area contributed by atoms with Crippen LogP contribution in [0.25, 0.3) is 0 Å². The van der Waals surface area contributed by atoms with Crippen LogP contribution in [0.2, 0.25) is 0 Å². The van der Waals surface area contributed by atoms with Crippen molar-refractivity contribution in [3.05, 3.63) is 23.8 Å². The Hall–Kier alpha value is -1.51. The summed E-state index contributed by atoms with van der Waals surface area (Å²) < 4.78 is 11.1. The summed E-state index contributed by atoms with van der Waals surface area (Å²) in [4.78, 5) is 12.1. The molecule has 3 heteroatoms. The summed E-state index contributed by atoms with van der Waals surface area (Å²) in [5, 5.41) is 0. The number of Topliss-reactive ketones (excluding diaryl/α,β-unsaturated/α-hetero) is 1. The van der Waals surface area contributed by atoms with Crippen LogP contribution in [0.4, 0.5) is 0 Å². The third-order valence-electron chi connectivity index (χ3n) is 3.16. The van der Waals surface area contributed by atoms with Crippen LogP contribution in [0.3, 0.4) is 0 Å². The smallest absolute Gasteiger partial charge is 0.170 e. The maximum absolute atomic E-state index is 12.1. The molecule has 0 fully saturated rings. The fourth-order valence-electron chi connectivity index (χ4n) is 2.35. The number of methoxy groups -OCH3 is 1. The van der Waals surface area contributed by atoms with Gasteiger partial charge in [-0.3, -0.25) is 4.79 Å². The molecule has 0 saturated heterocycles. The number of fused-ring (bicyclic) bond motifs is 1. The van der Waals surface area contributed by atoms with Crippen molar-refractivity contribution >= 4 is 5.78 Å². The lowest BCUT2D eigenvalue weighted by Gasteiger charge is -2.34. The molecule has 0 bridgehead atoms. The van der Waals surface area contributed by atoms with E-state index in [-0.39, 0.29) is 11.4 Å². The molecule has 2 rings (SSSR count). The van der Waals surface area contributed by atoms with Gasteiger partial charge in [-0.15, -0.1) is 0 Å². The van der Waals surface area contributed by atoms with Gasteiger partial charge < -0.3 is 9.47 Å². The predicted octanol–water partition coefficient (Wildman–Crippen LogP) is 3.22. The molecule has 3 nitrogen and oxygen atoms in total. The summed E-state index contributed by atoms with van der Waals surface area (Å²) in [6.45, 7) is 4.10. The van der Waals surface area contributed by atoms with Crippen molar-refractivity contribution in [2.24, 2.45) is 0 Å². The Morgan fingerprint density at radius 3 is 2.88 bits per heavy atom. The van der Waals surface area contributed by atoms with Crippen LogP contribution in [-0.2, 0) is 0 Å². The summed E-state index contributed by atoms with van der Waals surface area (Å²) in [6, 6.07) is 5.39. The standard InChI is InChI=1S/C14H18O3/c1-4-7-14(2)9-12(15)11-8-10(16-3)5-6-13(11)17-14/h5-6,8H,4,7,9H2,1-3H3. The summed E-state index contributed by atoms with van der Waals surface area (Å²) in [5.74, 6) is 1.51. The van der Waals surface area contributed by atoms with Gasteiger partial charge in [0.1, 0.15) is 17.1 Å². The Kier molecular flexibility index (Phi) is 3.09. The van der Waals surface area contributed by atoms with Gasteiger partial charge in [-0.1, -0.05) is 13.3 Å². The second-order valence-electron chi connectivity index (χ2n) is 4.76.